The second kappa shape index (κ2) is 10.6. The Bertz CT molecular complexity index is 168. The molecule has 0 saturated carbocycles. The van der Waals surface area contributed by atoms with Crippen molar-refractivity contribution in [2.45, 2.75) is 32.4 Å². The SMILES string of the molecule is CCSC(C(=O)NCCCN)C(C)C.Cl. The van der Waals surface area contributed by atoms with E-state index in [0.717, 1.165) is 12.2 Å². The van der Waals surface area contributed by atoms with Gasteiger partial charge < -0.3 is 11.1 Å². The summed E-state index contributed by atoms with van der Waals surface area (Å²) in [7, 11) is 0. The highest BCUT2D eigenvalue weighted by Gasteiger charge is 2.20. The van der Waals surface area contributed by atoms with Crippen molar-refractivity contribution in [2.24, 2.45) is 11.7 Å². The Morgan fingerprint density at radius 1 is 1.47 bits per heavy atom. The number of carbonyl (C=O) groups excluding carboxylic acids is 1. The molecule has 3 N–H and O–H groups in total. The predicted molar refractivity (Wildman–Crippen MR) is 70.7 cm³/mol. The van der Waals surface area contributed by atoms with Crippen molar-refractivity contribution in [3.63, 3.8) is 0 Å². The van der Waals surface area contributed by atoms with Gasteiger partial charge in [-0.3, -0.25) is 4.79 Å². The van der Waals surface area contributed by atoms with E-state index in [2.05, 4.69) is 26.1 Å². The zero-order valence-corrected chi connectivity index (χ0v) is 11.4. The van der Waals surface area contributed by atoms with E-state index in [9.17, 15) is 4.79 Å². The van der Waals surface area contributed by atoms with E-state index in [1.54, 1.807) is 11.8 Å². The van der Waals surface area contributed by atoms with Crippen molar-refractivity contribution >= 4 is 30.1 Å². The summed E-state index contributed by atoms with van der Waals surface area (Å²) in [6.07, 6.45) is 0.855. The van der Waals surface area contributed by atoms with E-state index in [-0.39, 0.29) is 23.6 Å². The molecule has 0 aliphatic carbocycles. The number of nitrogens with one attached hydrogen (secondary N) is 1. The molecule has 0 bridgehead atoms. The van der Waals surface area contributed by atoms with Gasteiger partial charge >= 0.3 is 0 Å². The summed E-state index contributed by atoms with van der Waals surface area (Å²) in [5.41, 5.74) is 5.35. The van der Waals surface area contributed by atoms with Crippen LogP contribution >= 0.6 is 24.2 Å². The van der Waals surface area contributed by atoms with Crippen molar-refractivity contribution in [3.8, 4) is 0 Å². The van der Waals surface area contributed by atoms with Gasteiger partial charge in [0.2, 0.25) is 5.91 Å². The highest BCUT2D eigenvalue weighted by Crippen LogP contribution is 2.19. The lowest BCUT2D eigenvalue weighted by atomic mass is 10.1. The lowest BCUT2D eigenvalue weighted by Crippen LogP contribution is -2.37. The molecule has 0 rings (SSSR count). The quantitative estimate of drug-likeness (QED) is 0.680. The minimum atomic E-state index is 0. The zero-order valence-electron chi connectivity index (χ0n) is 9.79. The van der Waals surface area contributed by atoms with E-state index < -0.39 is 0 Å². The number of carbonyl (C=O) groups is 1. The summed E-state index contributed by atoms with van der Waals surface area (Å²) >= 11 is 1.71. The van der Waals surface area contributed by atoms with Crippen molar-refractivity contribution in [1.82, 2.24) is 5.32 Å². The lowest BCUT2D eigenvalue weighted by Gasteiger charge is -2.18. The summed E-state index contributed by atoms with van der Waals surface area (Å²) in [5, 5.41) is 2.99. The topological polar surface area (TPSA) is 55.1 Å². The third-order valence-corrected chi connectivity index (χ3v) is 3.34. The summed E-state index contributed by atoms with van der Waals surface area (Å²) in [6.45, 7) is 7.56. The predicted octanol–water partition coefficient (Wildman–Crippen LogP) is 1.65. The van der Waals surface area contributed by atoms with Crippen LogP contribution in [0.4, 0.5) is 0 Å². The first-order chi connectivity index (χ1) is 6.63. The first-order valence-electron chi connectivity index (χ1n) is 5.22. The number of amides is 1. The van der Waals surface area contributed by atoms with Crippen LogP contribution in [0.25, 0.3) is 0 Å². The average molecular weight is 255 g/mol. The summed E-state index contributed by atoms with van der Waals surface area (Å²) in [5.74, 6) is 1.52. The van der Waals surface area contributed by atoms with Gasteiger partial charge in [-0.05, 0) is 24.6 Å². The van der Waals surface area contributed by atoms with E-state index in [1.807, 2.05) is 0 Å². The fraction of sp³-hybridized carbons (Fsp3) is 0.900. The van der Waals surface area contributed by atoms with E-state index in [1.165, 1.54) is 0 Å². The van der Waals surface area contributed by atoms with Crippen molar-refractivity contribution in [1.29, 1.82) is 0 Å². The van der Waals surface area contributed by atoms with Crippen LogP contribution in [0.5, 0.6) is 0 Å². The van der Waals surface area contributed by atoms with Crippen LogP contribution in [-0.2, 0) is 4.79 Å². The Hall–Kier alpha value is 0.0700. The molecule has 92 valence electrons. The molecule has 0 fully saturated rings. The molecule has 0 saturated heterocycles. The first kappa shape index (κ1) is 17.5. The molecule has 1 atom stereocenters. The maximum Gasteiger partial charge on any atom is 0.233 e. The number of rotatable bonds is 7. The van der Waals surface area contributed by atoms with Crippen LogP contribution in [0.2, 0.25) is 0 Å². The Morgan fingerprint density at radius 2 is 2.07 bits per heavy atom. The number of halogens is 1. The molecule has 0 aromatic rings. The van der Waals surface area contributed by atoms with Crippen LogP contribution in [-0.4, -0.2) is 30.0 Å². The molecular weight excluding hydrogens is 232 g/mol. The van der Waals surface area contributed by atoms with Crippen LogP contribution in [0.3, 0.4) is 0 Å². The van der Waals surface area contributed by atoms with Gasteiger partial charge in [0.25, 0.3) is 0 Å². The van der Waals surface area contributed by atoms with Gasteiger partial charge in [-0.25, -0.2) is 0 Å². The number of hydrogen-bond donors (Lipinski definition) is 2. The third-order valence-electron chi connectivity index (χ3n) is 1.89. The molecule has 0 aromatic heterocycles. The molecule has 0 spiro atoms. The van der Waals surface area contributed by atoms with Gasteiger partial charge in [-0.15, -0.1) is 24.2 Å². The van der Waals surface area contributed by atoms with E-state index in [0.29, 0.717) is 19.0 Å². The highest BCUT2D eigenvalue weighted by atomic mass is 35.5. The molecule has 0 aliphatic heterocycles. The molecule has 0 radical (unpaired) electrons. The zero-order chi connectivity index (χ0) is 11.0. The third kappa shape index (κ3) is 7.94. The molecular formula is C10H23ClN2OS. The van der Waals surface area contributed by atoms with Crippen molar-refractivity contribution < 1.29 is 4.79 Å². The number of thioether (sulfide) groups is 1. The second-order valence-corrected chi connectivity index (χ2v) is 4.97. The second-order valence-electron chi connectivity index (χ2n) is 3.55. The van der Waals surface area contributed by atoms with Crippen LogP contribution in [0.1, 0.15) is 27.2 Å². The van der Waals surface area contributed by atoms with Gasteiger partial charge in [-0.1, -0.05) is 20.8 Å². The maximum absolute atomic E-state index is 11.7. The van der Waals surface area contributed by atoms with Crippen molar-refractivity contribution in [2.75, 3.05) is 18.8 Å². The standard InChI is InChI=1S/C10H22N2OS.ClH/c1-4-14-9(8(2)3)10(13)12-7-5-6-11;/h8-9H,4-7,11H2,1-3H3,(H,12,13);1H. The van der Waals surface area contributed by atoms with Gasteiger partial charge in [0.05, 0.1) is 5.25 Å². The number of hydrogen-bond acceptors (Lipinski definition) is 3. The van der Waals surface area contributed by atoms with Gasteiger partial charge in [0.1, 0.15) is 0 Å². The summed E-state index contributed by atoms with van der Waals surface area (Å²) in [6, 6.07) is 0. The van der Waals surface area contributed by atoms with Gasteiger partial charge in [0, 0.05) is 6.54 Å². The normalized spacial score (nSPS) is 12.1. The minimum Gasteiger partial charge on any atom is -0.355 e. The van der Waals surface area contributed by atoms with Crippen LogP contribution in [0.15, 0.2) is 0 Å². The molecule has 0 heterocycles. The molecule has 15 heavy (non-hydrogen) atoms. The first-order valence-corrected chi connectivity index (χ1v) is 6.27. The van der Waals surface area contributed by atoms with Gasteiger partial charge in [0.15, 0.2) is 0 Å². The minimum absolute atomic E-state index is 0. The maximum atomic E-state index is 11.7. The molecule has 0 aromatic carbocycles. The molecule has 5 heteroatoms. The molecule has 0 aliphatic rings. The fourth-order valence-electron chi connectivity index (χ4n) is 1.16. The van der Waals surface area contributed by atoms with E-state index >= 15 is 0 Å². The largest absolute Gasteiger partial charge is 0.355 e. The molecule has 3 nitrogen and oxygen atoms in total. The summed E-state index contributed by atoms with van der Waals surface area (Å²) < 4.78 is 0. The van der Waals surface area contributed by atoms with Crippen LogP contribution in [0, 0.1) is 5.92 Å². The molecule has 1 amide bonds. The Balaban J connectivity index is 0. The Morgan fingerprint density at radius 3 is 2.47 bits per heavy atom. The summed E-state index contributed by atoms with van der Waals surface area (Å²) in [4.78, 5) is 11.7. The van der Waals surface area contributed by atoms with Gasteiger partial charge in [-0.2, -0.15) is 0 Å². The Labute approximate surface area is 103 Å². The monoisotopic (exact) mass is 254 g/mol. The lowest BCUT2D eigenvalue weighted by molar-refractivity contribution is -0.121. The Kier molecular flexibility index (Phi) is 12.3. The highest BCUT2D eigenvalue weighted by molar-refractivity contribution is 8.00. The van der Waals surface area contributed by atoms with E-state index in [4.69, 9.17) is 5.73 Å². The smallest absolute Gasteiger partial charge is 0.233 e. The van der Waals surface area contributed by atoms with Crippen LogP contribution < -0.4 is 11.1 Å². The average Bonchev–Trinajstić information content (AvgIpc) is 2.13. The fourth-order valence-corrected chi connectivity index (χ4v) is 2.14. The number of nitrogens with two attached hydrogens (primary N) is 1. The molecule has 1 unspecified atom stereocenters. The van der Waals surface area contributed by atoms with Crippen molar-refractivity contribution in [3.05, 3.63) is 0 Å².